The van der Waals surface area contributed by atoms with Crippen LogP contribution in [0.5, 0.6) is 0 Å². The van der Waals surface area contributed by atoms with Gasteiger partial charge < -0.3 is 73.5 Å². The maximum atomic E-state index is 14.3. The zero-order valence-corrected chi connectivity index (χ0v) is 58.9. The zero-order valence-electron chi connectivity index (χ0n) is 59.1. The number of hydrogen-bond donors (Lipinski definition) is 10. The average molecular weight is 1490 g/mol. The SMILES string of the molecule is C.CC.CC(C)(C)OC(=O)N1CCC2(CC(=O)C2)C1.CN.CNC(=O)c1ccc(N)c(F)c1F.CNC(=O)c1ccc(NC2CC3(CCN(C(=O)OC(C)(C)C)C3)C2)c(F)c1F.CNC(=O)c1ccc(NC2CC3(CCNC3)C2)c(F)c1F.Cl.Nc1ccc(C(=O)O)c(F)c1F.[2H]C(=O)C(F)(F)F. The van der Waals surface area contributed by atoms with Crippen LogP contribution in [0, 0.1) is 62.8 Å². The van der Waals surface area contributed by atoms with Crippen molar-refractivity contribution in [2.24, 2.45) is 22.0 Å². The number of carbonyl (C=O) groups is 8. The molecule has 0 unspecified atom stereocenters. The van der Waals surface area contributed by atoms with Crippen LogP contribution < -0.4 is 49.1 Å². The lowest BCUT2D eigenvalue weighted by Gasteiger charge is -2.45. The molecule has 6 fully saturated rings. The highest BCUT2D eigenvalue weighted by Crippen LogP contribution is 2.50. The minimum absolute atomic E-state index is 0. The third-order valence-corrected chi connectivity index (χ3v) is 16.2. The fourth-order valence-corrected chi connectivity index (χ4v) is 11.5. The summed E-state index contributed by atoms with van der Waals surface area (Å²) in [7, 11) is 5.58. The first-order chi connectivity index (χ1) is 46.9. The molecule has 3 saturated heterocycles. The Morgan fingerprint density at radius 3 is 1.22 bits per heavy atom. The minimum atomic E-state index is -4.97. The van der Waals surface area contributed by atoms with Crippen molar-refractivity contribution in [1.29, 1.82) is 0 Å². The molecule has 0 bridgehead atoms. The third kappa shape index (κ3) is 25.4. The highest BCUT2D eigenvalue weighted by molar-refractivity contribution is 5.96. The highest BCUT2D eigenvalue weighted by Gasteiger charge is 2.51. The number of carbonyl (C=O) groups excluding carboxylic acids is 7. The molecule has 3 heterocycles. The van der Waals surface area contributed by atoms with E-state index >= 15 is 0 Å². The summed E-state index contributed by atoms with van der Waals surface area (Å²) in [5, 5.41) is 24.5. The van der Waals surface area contributed by atoms with Gasteiger partial charge in [0.15, 0.2) is 46.5 Å². The number of carboxylic acids is 1. The molecule has 4 aromatic rings. The molecule has 572 valence electrons. The summed E-state index contributed by atoms with van der Waals surface area (Å²) >= 11 is 0. The number of ether oxygens (including phenoxy) is 2. The van der Waals surface area contributed by atoms with Gasteiger partial charge in [-0.3, -0.25) is 24.0 Å². The fraction of sp³-hybridized carbons (Fsp3) is 0.529. The summed E-state index contributed by atoms with van der Waals surface area (Å²) in [5.74, 6) is -12.6. The van der Waals surface area contributed by atoms with Gasteiger partial charge in [-0.25, -0.2) is 49.5 Å². The largest absolute Gasteiger partial charge is 0.478 e. The fourth-order valence-electron chi connectivity index (χ4n) is 11.5. The Morgan fingerprint density at radius 1 is 0.569 bits per heavy atom. The van der Waals surface area contributed by atoms with Crippen LogP contribution in [-0.2, 0) is 19.1 Å². The van der Waals surface area contributed by atoms with Crippen molar-refractivity contribution in [3.63, 3.8) is 0 Å². The molecule has 3 spiro atoms. The number of likely N-dealkylation sites (tertiary alicyclic amines) is 2. The van der Waals surface area contributed by atoms with Crippen LogP contribution in [0.15, 0.2) is 48.5 Å². The number of nitrogens with two attached hydrogens (primary N) is 3. The van der Waals surface area contributed by atoms with Gasteiger partial charge in [0.05, 0.1) is 45.0 Å². The van der Waals surface area contributed by atoms with E-state index in [1.165, 1.54) is 52.5 Å². The number of benzene rings is 4. The number of alkyl halides is 3. The number of rotatable bonds is 8. The molecule has 102 heavy (non-hydrogen) atoms. The van der Waals surface area contributed by atoms with Crippen LogP contribution >= 0.6 is 12.4 Å². The van der Waals surface area contributed by atoms with Gasteiger partial charge in [0.2, 0.25) is 6.26 Å². The van der Waals surface area contributed by atoms with Crippen molar-refractivity contribution >= 4 is 83.1 Å². The summed E-state index contributed by atoms with van der Waals surface area (Å²) < 4.78 is 155. The van der Waals surface area contributed by atoms with Gasteiger partial charge >= 0.3 is 24.3 Å². The zero-order chi connectivity index (χ0) is 77.1. The number of amides is 5. The van der Waals surface area contributed by atoms with Gasteiger partial charge in [-0.2, -0.15) is 13.2 Å². The first-order valence-corrected chi connectivity index (χ1v) is 31.6. The maximum Gasteiger partial charge on any atom is 0.446 e. The minimum Gasteiger partial charge on any atom is -0.478 e. The molecule has 3 saturated carbocycles. The van der Waals surface area contributed by atoms with E-state index in [1.807, 2.05) is 55.4 Å². The molecule has 4 aromatic carbocycles. The summed E-state index contributed by atoms with van der Waals surface area (Å²) in [5.41, 5.74) is 11.8. The molecule has 3 aliphatic heterocycles. The van der Waals surface area contributed by atoms with Crippen molar-refractivity contribution in [1.82, 2.24) is 31.1 Å². The summed E-state index contributed by atoms with van der Waals surface area (Å²) in [6, 6.07) is 9.76. The van der Waals surface area contributed by atoms with E-state index in [-0.39, 0.29) is 88.7 Å². The normalized spacial score (nSPS) is 19.3. The van der Waals surface area contributed by atoms with E-state index < -0.39 is 105 Å². The van der Waals surface area contributed by atoms with Gasteiger partial charge in [0.1, 0.15) is 18.4 Å². The molecule has 0 atom stereocenters. The molecule has 6 aliphatic rings. The number of halogens is 12. The van der Waals surface area contributed by atoms with Crippen LogP contribution in [0.2, 0.25) is 0 Å². The van der Waals surface area contributed by atoms with Crippen LogP contribution in [0.1, 0.15) is 163 Å². The van der Waals surface area contributed by atoms with Gasteiger partial charge in [-0.1, -0.05) is 21.3 Å². The second kappa shape index (κ2) is 39.1. The topological polar surface area (TPSA) is 332 Å². The second-order valence-corrected chi connectivity index (χ2v) is 26.0. The van der Waals surface area contributed by atoms with Crippen LogP contribution in [0.25, 0.3) is 0 Å². The number of ketones is 1. The monoisotopic (exact) mass is 1490 g/mol. The number of aldehydes is 1. The Kier molecular flexibility index (Phi) is 34.2. The lowest BCUT2D eigenvalue weighted by Crippen LogP contribution is -2.47. The average Bonchev–Trinajstić information content (AvgIpc) is 1.80. The molecule has 13 N–H and O–H groups in total. The molecular formula is C68H95ClF11N11O11. The lowest BCUT2D eigenvalue weighted by molar-refractivity contribution is -0.156. The van der Waals surface area contributed by atoms with E-state index in [0.717, 1.165) is 88.8 Å². The highest BCUT2D eigenvalue weighted by atomic mass is 35.5. The van der Waals surface area contributed by atoms with E-state index in [0.29, 0.717) is 43.7 Å². The Morgan fingerprint density at radius 2 is 0.892 bits per heavy atom. The van der Waals surface area contributed by atoms with E-state index in [1.54, 1.807) is 9.80 Å². The standard InChI is InChI=1S/C20H27F2N3O3.C15H19F2N3O.C12H19NO3.C8H8F2N2O.C7H5F2NO2.C2HF3O.C2H6.CH5N.CH4.ClH/c1-19(2,3)28-18(27)25-8-7-20(11-25)9-12(10-20)24-14-6-5-13(17(26)23-4)15(21)16(14)22;1-18-14(21)10-2-3-11(13(17)12(10)16)20-9-6-15(7-9)4-5-19-8-15;1-11(2,3)16-10(15)13-5-4-12(8-13)6-9(14)7-12;1-12-8(13)4-2-3-5(11)7(10)6(4)9;8-5-3(7(11)12)1-2-4(10)6(5)9;3-2(4,5)1-6;2*1-2;;/h5-6,12,24H,7-11H2,1-4H3,(H,23,26);2-3,9,19-20H,4-8H2,1H3,(H,18,21);4-8H2,1-3H3;2-3H,11H2,1H3,(H,12,13);1-2H,10H2,(H,11,12);1H;1-2H3;2H2,1H3;1H4;1H/i;;;;;1D;;;;. The van der Waals surface area contributed by atoms with Crippen molar-refractivity contribution < 1.29 is 103 Å². The van der Waals surface area contributed by atoms with Crippen LogP contribution in [0.4, 0.5) is 80.6 Å². The van der Waals surface area contributed by atoms with Crippen molar-refractivity contribution in [2.75, 3.05) is 89.6 Å². The predicted molar refractivity (Wildman–Crippen MR) is 366 cm³/mol. The summed E-state index contributed by atoms with van der Waals surface area (Å²) in [6.45, 7) is 19.8. The molecular weight excluding hydrogens is 1390 g/mol. The van der Waals surface area contributed by atoms with Crippen molar-refractivity contribution in [3.8, 4) is 0 Å². The van der Waals surface area contributed by atoms with Crippen LogP contribution in [-0.4, -0.2) is 160 Å². The number of Topliss-reactive ketones (excluding diaryl/α,β-unsaturated/α-hetero) is 1. The number of nitrogen functional groups attached to an aromatic ring is 2. The molecule has 0 aromatic heterocycles. The molecule has 3 aliphatic carbocycles. The Balaban J connectivity index is 0.000000636. The molecule has 34 heteroatoms. The first kappa shape index (κ1) is 89.4. The van der Waals surface area contributed by atoms with Crippen LogP contribution in [0.3, 0.4) is 0 Å². The number of hydrogen-bond acceptors (Lipinski definition) is 16. The second-order valence-electron chi connectivity index (χ2n) is 26.0. The number of anilines is 4. The quantitative estimate of drug-likeness (QED) is 0.0445. The predicted octanol–water partition coefficient (Wildman–Crippen LogP) is 11.9. The van der Waals surface area contributed by atoms with Gasteiger partial charge in [0, 0.05) is 84.2 Å². The third-order valence-electron chi connectivity index (χ3n) is 16.2. The smallest absolute Gasteiger partial charge is 0.446 e. The van der Waals surface area contributed by atoms with Gasteiger partial charge in [0.25, 0.3) is 17.7 Å². The van der Waals surface area contributed by atoms with E-state index in [2.05, 4.69) is 37.6 Å². The Hall–Kier alpha value is -8.72. The molecule has 0 radical (unpaired) electrons. The number of carboxylic acid groups (broad SMARTS) is 1. The van der Waals surface area contributed by atoms with Crippen molar-refractivity contribution in [2.45, 2.75) is 150 Å². The number of nitrogens with zero attached hydrogens (tertiary/aromatic N) is 2. The lowest BCUT2D eigenvalue weighted by atomic mass is 9.65. The summed E-state index contributed by atoms with van der Waals surface area (Å²) in [4.78, 5) is 91.6. The maximum absolute atomic E-state index is 14.3. The summed E-state index contributed by atoms with van der Waals surface area (Å²) in [6.07, 6.45) is -0.300. The number of nitrogens with one attached hydrogen (secondary N) is 6. The van der Waals surface area contributed by atoms with Gasteiger partial charge in [-0.05, 0) is 159 Å². The molecule has 22 nitrogen and oxygen atoms in total. The Bertz CT molecular complexity index is 3600. The first-order valence-electron chi connectivity index (χ1n) is 32.1. The van der Waals surface area contributed by atoms with Crippen molar-refractivity contribution in [3.05, 3.63) is 117 Å². The Labute approximate surface area is 593 Å². The van der Waals surface area contributed by atoms with Gasteiger partial charge in [-0.15, -0.1) is 12.4 Å². The molecule has 5 amide bonds. The van der Waals surface area contributed by atoms with E-state index in [4.69, 9.17) is 32.2 Å². The van der Waals surface area contributed by atoms with E-state index in [9.17, 15) is 81.9 Å². The number of aromatic carboxylic acids is 1. The molecule has 10 rings (SSSR count).